The number of methoxy groups -OCH3 is 2. The average Bonchev–Trinajstić information content (AvgIpc) is 3.30. The molecule has 0 unspecified atom stereocenters. The van der Waals surface area contributed by atoms with Gasteiger partial charge in [-0.2, -0.15) is 0 Å². The predicted octanol–water partition coefficient (Wildman–Crippen LogP) is 4.50. The van der Waals surface area contributed by atoms with Gasteiger partial charge in [-0.25, -0.2) is 4.79 Å². The standard InChI is InChI=1S/C23H27N5O4S/c1-4-13-28(23(30)24-18-11-10-17(31-2)15-19(18)32-3)14-12-20(29)25-22-27-26-21(33-22)16-8-6-5-7-9-16/h5-11,15H,4,12-14H2,1-3H3,(H,24,30)(H,25,27,29). The normalized spacial score (nSPS) is 10.4. The maximum atomic E-state index is 12.8. The number of carbonyl (C=O) groups is 2. The summed E-state index contributed by atoms with van der Waals surface area (Å²) in [5.41, 5.74) is 1.46. The first kappa shape index (κ1) is 24.0. The number of ether oxygens (including phenoxy) is 2. The lowest BCUT2D eigenvalue weighted by atomic mass is 10.2. The Balaban J connectivity index is 1.57. The first-order valence-electron chi connectivity index (χ1n) is 10.5. The van der Waals surface area contributed by atoms with Crippen LogP contribution in [0.1, 0.15) is 19.8 Å². The molecule has 2 aromatic carbocycles. The Morgan fingerprint density at radius 2 is 1.79 bits per heavy atom. The van der Waals surface area contributed by atoms with Crippen molar-refractivity contribution in [2.75, 3.05) is 37.9 Å². The Kier molecular flexibility index (Phi) is 8.59. The van der Waals surface area contributed by atoms with Crippen LogP contribution in [0.3, 0.4) is 0 Å². The van der Waals surface area contributed by atoms with Gasteiger partial charge in [-0.05, 0) is 18.6 Å². The van der Waals surface area contributed by atoms with Crippen LogP contribution >= 0.6 is 11.3 Å². The molecule has 3 amide bonds. The fourth-order valence-electron chi connectivity index (χ4n) is 3.07. The van der Waals surface area contributed by atoms with Gasteiger partial charge in [0.15, 0.2) is 0 Å². The fourth-order valence-corrected chi connectivity index (χ4v) is 3.84. The zero-order valence-corrected chi connectivity index (χ0v) is 19.6. The Morgan fingerprint density at radius 3 is 2.48 bits per heavy atom. The number of nitrogens with zero attached hydrogens (tertiary/aromatic N) is 3. The summed E-state index contributed by atoms with van der Waals surface area (Å²) in [5, 5.41) is 14.9. The van der Waals surface area contributed by atoms with Crippen LogP contribution in [0, 0.1) is 0 Å². The third kappa shape index (κ3) is 6.66. The highest BCUT2D eigenvalue weighted by molar-refractivity contribution is 7.18. The highest BCUT2D eigenvalue weighted by atomic mass is 32.1. The summed E-state index contributed by atoms with van der Waals surface area (Å²) in [6.07, 6.45) is 0.888. The van der Waals surface area contributed by atoms with Crippen molar-refractivity contribution in [3.05, 3.63) is 48.5 Å². The number of aromatic nitrogens is 2. The highest BCUT2D eigenvalue weighted by Crippen LogP contribution is 2.29. The third-order valence-electron chi connectivity index (χ3n) is 4.73. The van der Waals surface area contributed by atoms with E-state index in [-0.39, 0.29) is 24.9 Å². The smallest absolute Gasteiger partial charge is 0.321 e. The molecule has 0 saturated heterocycles. The fraction of sp³-hybridized carbons (Fsp3) is 0.304. The SMILES string of the molecule is CCCN(CCC(=O)Nc1nnc(-c2ccccc2)s1)C(=O)Nc1ccc(OC)cc1OC. The zero-order valence-electron chi connectivity index (χ0n) is 18.8. The highest BCUT2D eigenvalue weighted by Gasteiger charge is 2.17. The molecule has 2 N–H and O–H groups in total. The number of rotatable bonds is 10. The van der Waals surface area contributed by atoms with Crippen molar-refractivity contribution < 1.29 is 19.1 Å². The molecule has 0 radical (unpaired) electrons. The molecule has 0 saturated carbocycles. The van der Waals surface area contributed by atoms with Gasteiger partial charge in [0.2, 0.25) is 11.0 Å². The molecular weight excluding hydrogens is 442 g/mol. The molecule has 3 aromatic rings. The molecule has 0 bridgehead atoms. The quantitative estimate of drug-likeness (QED) is 0.453. The van der Waals surface area contributed by atoms with E-state index in [0.29, 0.717) is 28.9 Å². The first-order chi connectivity index (χ1) is 16.0. The maximum Gasteiger partial charge on any atom is 0.321 e. The summed E-state index contributed by atoms with van der Waals surface area (Å²) >= 11 is 1.30. The molecule has 0 aliphatic rings. The van der Waals surface area contributed by atoms with Crippen LogP contribution in [-0.2, 0) is 4.79 Å². The number of hydrogen-bond acceptors (Lipinski definition) is 7. The summed E-state index contributed by atoms with van der Waals surface area (Å²) in [4.78, 5) is 26.9. The van der Waals surface area contributed by atoms with Crippen molar-refractivity contribution in [1.82, 2.24) is 15.1 Å². The monoisotopic (exact) mass is 469 g/mol. The summed E-state index contributed by atoms with van der Waals surface area (Å²) in [6.45, 7) is 2.74. The number of hydrogen-bond donors (Lipinski definition) is 2. The minimum absolute atomic E-state index is 0.132. The van der Waals surface area contributed by atoms with Gasteiger partial charge in [0.1, 0.15) is 16.5 Å². The Bertz CT molecular complexity index is 1070. The number of benzene rings is 2. The minimum atomic E-state index is -0.310. The van der Waals surface area contributed by atoms with Gasteiger partial charge in [0, 0.05) is 31.1 Å². The van der Waals surface area contributed by atoms with E-state index in [9.17, 15) is 9.59 Å². The average molecular weight is 470 g/mol. The third-order valence-corrected chi connectivity index (χ3v) is 5.62. The van der Waals surface area contributed by atoms with Crippen LogP contribution in [0.5, 0.6) is 11.5 Å². The van der Waals surface area contributed by atoms with Crippen LogP contribution in [0.25, 0.3) is 10.6 Å². The van der Waals surface area contributed by atoms with Crippen LogP contribution in [-0.4, -0.2) is 54.3 Å². The molecule has 3 rings (SSSR count). The van der Waals surface area contributed by atoms with E-state index in [1.54, 1.807) is 30.2 Å². The van der Waals surface area contributed by atoms with Gasteiger partial charge < -0.3 is 25.0 Å². The van der Waals surface area contributed by atoms with E-state index in [4.69, 9.17) is 9.47 Å². The Labute approximate surface area is 196 Å². The summed E-state index contributed by atoms with van der Waals surface area (Å²) in [7, 11) is 3.08. The molecule has 174 valence electrons. The lowest BCUT2D eigenvalue weighted by molar-refractivity contribution is -0.116. The van der Waals surface area contributed by atoms with E-state index < -0.39 is 0 Å². The number of amides is 3. The second-order valence-electron chi connectivity index (χ2n) is 7.06. The molecule has 33 heavy (non-hydrogen) atoms. The van der Waals surface area contributed by atoms with Crippen molar-refractivity contribution in [3.63, 3.8) is 0 Å². The molecule has 0 aliphatic carbocycles. The van der Waals surface area contributed by atoms with Crippen molar-refractivity contribution in [2.24, 2.45) is 0 Å². The number of urea groups is 1. The molecule has 0 spiro atoms. The largest absolute Gasteiger partial charge is 0.497 e. The van der Waals surface area contributed by atoms with E-state index in [1.165, 1.54) is 18.4 Å². The van der Waals surface area contributed by atoms with Gasteiger partial charge in [0.05, 0.1) is 19.9 Å². The van der Waals surface area contributed by atoms with Crippen LogP contribution in [0.15, 0.2) is 48.5 Å². The van der Waals surface area contributed by atoms with E-state index in [1.807, 2.05) is 37.3 Å². The van der Waals surface area contributed by atoms with E-state index in [0.717, 1.165) is 17.0 Å². The molecule has 9 nitrogen and oxygen atoms in total. The molecule has 0 atom stereocenters. The van der Waals surface area contributed by atoms with Crippen molar-refractivity contribution >= 4 is 34.1 Å². The van der Waals surface area contributed by atoms with Gasteiger partial charge >= 0.3 is 6.03 Å². The Morgan fingerprint density at radius 1 is 1.00 bits per heavy atom. The summed E-state index contributed by atoms with van der Waals surface area (Å²) in [5.74, 6) is 0.878. The molecule has 0 aliphatic heterocycles. The van der Waals surface area contributed by atoms with E-state index in [2.05, 4.69) is 20.8 Å². The molecule has 1 aromatic heterocycles. The summed E-state index contributed by atoms with van der Waals surface area (Å²) < 4.78 is 10.5. The van der Waals surface area contributed by atoms with Crippen LogP contribution < -0.4 is 20.1 Å². The van der Waals surface area contributed by atoms with Crippen molar-refractivity contribution in [2.45, 2.75) is 19.8 Å². The molecule has 10 heteroatoms. The number of carbonyl (C=O) groups excluding carboxylic acids is 2. The predicted molar refractivity (Wildman–Crippen MR) is 129 cm³/mol. The van der Waals surface area contributed by atoms with Crippen LogP contribution in [0.4, 0.5) is 15.6 Å². The van der Waals surface area contributed by atoms with E-state index >= 15 is 0 Å². The number of nitrogens with one attached hydrogen (secondary N) is 2. The molecule has 0 fully saturated rings. The zero-order chi connectivity index (χ0) is 23.6. The second kappa shape index (κ2) is 11.8. The molecular formula is C23H27N5O4S. The summed E-state index contributed by atoms with van der Waals surface area (Å²) in [6, 6.07) is 14.5. The van der Waals surface area contributed by atoms with Crippen LogP contribution in [0.2, 0.25) is 0 Å². The maximum absolute atomic E-state index is 12.8. The van der Waals surface area contributed by atoms with Gasteiger partial charge in [-0.3, -0.25) is 4.79 Å². The van der Waals surface area contributed by atoms with Crippen molar-refractivity contribution in [1.29, 1.82) is 0 Å². The molecule has 1 heterocycles. The Hall–Kier alpha value is -3.66. The lowest BCUT2D eigenvalue weighted by Crippen LogP contribution is -2.37. The van der Waals surface area contributed by atoms with Gasteiger partial charge in [-0.15, -0.1) is 10.2 Å². The lowest BCUT2D eigenvalue weighted by Gasteiger charge is -2.23. The van der Waals surface area contributed by atoms with Gasteiger partial charge in [0.25, 0.3) is 0 Å². The number of anilines is 2. The van der Waals surface area contributed by atoms with Gasteiger partial charge in [-0.1, -0.05) is 48.6 Å². The first-order valence-corrected chi connectivity index (χ1v) is 11.3. The minimum Gasteiger partial charge on any atom is -0.497 e. The second-order valence-corrected chi connectivity index (χ2v) is 8.04. The van der Waals surface area contributed by atoms with Crippen molar-refractivity contribution in [3.8, 4) is 22.1 Å². The topological polar surface area (TPSA) is 106 Å².